The van der Waals surface area contributed by atoms with Crippen molar-refractivity contribution < 1.29 is 0 Å². The number of hydrogen-bond donors (Lipinski definition) is 0. The summed E-state index contributed by atoms with van der Waals surface area (Å²) in [5.74, 6) is 0. The van der Waals surface area contributed by atoms with E-state index in [0.29, 0.717) is 0 Å². The molecule has 4 aromatic rings. The molecule has 2 aromatic carbocycles. The maximum Gasteiger partial charge on any atom is 0.141 e. The number of aryl methyl sites for hydroxylation is 2. The van der Waals surface area contributed by atoms with E-state index < -0.39 is 0 Å². The molecule has 0 atom stereocenters. The predicted molar refractivity (Wildman–Crippen MR) is 79.7 cm³/mol. The fourth-order valence-corrected chi connectivity index (χ4v) is 2.98. The van der Waals surface area contributed by atoms with Crippen molar-refractivity contribution in [2.24, 2.45) is 0 Å². The van der Waals surface area contributed by atoms with Crippen molar-refractivity contribution in [3.05, 3.63) is 59.8 Å². The largest absolute Gasteiger partial charge is 0.296 e. The molecule has 2 aromatic heterocycles. The number of aromatic nitrogens is 2. The zero-order valence-electron chi connectivity index (χ0n) is 11.0. The minimum atomic E-state index is 1.06. The highest BCUT2D eigenvalue weighted by Crippen LogP contribution is 2.28. The van der Waals surface area contributed by atoms with Crippen LogP contribution in [0.15, 0.2) is 48.5 Å². The summed E-state index contributed by atoms with van der Waals surface area (Å²) >= 11 is 0. The van der Waals surface area contributed by atoms with Gasteiger partial charge in [0.2, 0.25) is 0 Å². The third kappa shape index (κ3) is 1.28. The van der Waals surface area contributed by atoms with Gasteiger partial charge >= 0.3 is 0 Å². The van der Waals surface area contributed by atoms with Crippen LogP contribution >= 0.6 is 0 Å². The monoisotopic (exact) mass is 246 g/mol. The molecule has 92 valence electrons. The molecule has 0 spiro atoms. The molecule has 0 aliphatic carbocycles. The van der Waals surface area contributed by atoms with E-state index in [1.165, 1.54) is 27.5 Å². The number of hydrogen-bond acceptors (Lipinski definition) is 1. The van der Waals surface area contributed by atoms with Gasteiger partial charge in [0.25, 0.3) is 0 Å². The molecule has 2 nitrogen and oxygen atoms in total. The summed E-state index contributed by atoms with van der Waals surface area (Å²) in [6.07, 6.45) is 0. The Morgan fingerprint density at radius 3 is 2.37 bits per heavy atom. The van der Waals surface area contributed by atoms with Crippen LogP contribution < -0.4 is 0 Å². The Morgan fingerprint density at radius 2 is 1.53 bits per heavy atom. The van der Waals surface area contributed by atoms with Gasteiger partial charge in [-0.1, -0.05) is 36.4 Å². The second-order valence-corrected chi connectivity index (χ2v) is 5.02. The standard InChI is InChI=1S/C17H14N2/c1-11-13-7-3-4-8-14(13)12(2)19-16-10-6-5-9-15(16)18-17(11)19/h3-10H,1-2H3. The summed E-state index contributed by atoms with van der Waals surface area (Å²) < 4.78 is 2.27. The lowest BCUT2D eigenvalue weighted by Crippen LogP contribution is -1.96. The molecule has 19 heavy (non-hydrogen) atoms. The summed E-state index contributed by atoms with van der Waals surface area (Å²) in [6.45, 7) is 4.33. The molecule has 2 heterocycles. The Labute approximate surface area is 111 Å². The molecule has 0 saturated heterocycles. The molecule has 0 aliphatic heterocycles. The summed E-state index contributed by atoms with van der Waals surface area (Å²) in [7, 11) is 0. The maximum atomic E-state index is 4.79. The average molecular weight is 246 g/mol. The topological polar surface area (TPSA) is 17.3 Å². The summed E-state index contributed by atoms with van der Waals surface area (Å²) in [4.78, 5) is 4.79. The van der Waals surface area contributed by atoms with E-state index in [1.807, 2.05) is 6.07 Å². The lowest BCUT2D eigenvalue weighted by atomic mass is 10.1. The van der Waals surface area contributed by atoms with Gasteiger partial charge in [0.15, 0.2) is 0 Å². The predicted octanol–water partition coefficient (Wildman–Crippen LogP) is 4.26. The van der Waals surface area contributed by atoms with E-state index in [4.69, 9.17) is 4.98 Å². The van der Waals surface area contributed by atoms with Crippen LogP contribution in [0.2, 0.25) is 0 Å². The summed E-state index contributed by atoms with van der Waals surface area (Å²) in [5.41, 5.74) is 5.81. The van der Waals surface area contributed by atoms with Crippen LogP contribution in [0.1, 0.15) is 11.3 Å². The van der Waals surface area contributed by atoms with E-state index in [-0.39, 0.29) is 0 Å². The minimum Gasteiger partial charge on any atom is -0.296 e. The lowest BCUT2D eigenvalue weighted by molar-refractivity contribution is 1.14. The van der Waals surface area contributed by atoms with Gasteiger partial charge in [0.05, 0.1) is 11.0 Å². The molecule has 0 bridgehead atoms. The Kier molecular flexibility index (Phi) is 1.99. The van der Waals surface area contributed by atoms with Gasteiger partial charge in [-0.3, -0.25) is 4.40 Å². The van der Waals surface area contributed by atoms with Gasteiger partial charge in [-0.25, -0.2) is 4.98 Å². The molecular formula is C17H14N2. The SMILES string of the molecule is Cc1c2ccccc2c(C)n2c1nc1ccccc12. The Morgan fingerprint density at radius 1 is 0.842 bits per heavy atom. The van der Waals surface area contributed by atoms with Crippen molar-refractivity contribution in [1.82, 2.24) is 9.38 Å². The van der Waals surface area contributed by atoms with Gasteiger partial charge in [-0.15, -0.1) is 0 Å². The third-order valence-corrected chi connectivity index (χ3v) is 3.95. The van der Waals surface area contributed by atoms with Crippen molar-refractivity contribution in [3.63, 3.8) is 0 Å². The zero-order chi connectivity index (χ0) is 13.0. The van der Waals surface area contributed by atoms with Gasteiger partial charge in [0.1, 0.15) is 5.65 Å². The van der Waals surface area contributed by atoms with Crippen LogP contribution in [0, 0.1) is 13.8 Å². The third-order valence-electron chi connectivity index (χ3n) is 3.95. The first kappa shape index (κ1) is 10.6. The van der Waals surface area contributed by atoms with Crippen molar-refractivity contribution in [3.8, 4) is 0 Å². The number of fused-ring (bicyclic) bond motifs is 4. The molecule has 0 amide bonds. The summed E-state index contributed by atoms with van der Waals surface area (Å²) in [5, 5.41) is 2.60. The highest BCUT2D eigenvalue weighted by molar-refractivity contribution is 5.95. The molecule has 4 rings (SSSR count). The van der Waals surface area contributed by atoms with Crippen molar-refractivity contribution in [2.75, 3.05) is 0 Å². The molecule has 0 saturated carbocycles. The van der Waals surface area contributed by atoms with Crippen LogP contribution in [0.5, 0.6) is 0 Å². The van der Waals surface area contributed by atoms with E-state index in [9.17, 15) is 0 Å². The molecule has 2 heteroatoms. The normalized spacial score (nSPS) is 11.7. The summed E-state index contributed by atoms with van der Waals surface area (Å²) in [6, 6.07) is 16.9. The Balaban J connectivity index is 2.39. The van der Waals surface area contributed by atoms with Gasteiger partial charge in [-0.2, -0.15) is 0 Å². The quantitative estimate of drug-likeness (QED) is 0.453. The Hall–Kier alpha value is -2.35. The molecular weight excluding hydrogens is 232 g/mol. The van der Waals surface area contributed by atoms with Crippen LogP contribution in [0.4, 0.5) is 0 Å². The fraction of sp³-hybridized carbons (Fsp3) is 0.118. The van der Waals surface area contributed by atoms with Gasteiger partial charge < -0.3 is 0 Å². The first-order chi connectivity index (χ1) is 9.27. The second kappa shape index (κ2) is 3.58. The van der Waals surface area contributed by atoms with Gasteiger partial charge in [0, 0.05) is 16.6 Å². The first-order valence-corrected chi connectivity index (χ1v) is 6.52. The van der Waals surface area contributed by atoms with Gasteiger partial charge in [-0.05, 0) is 31.4 Å². The molecule has 0 unspecified atom stereocenters. The van der Waals surface area contributed by atoms with Crippen molar-refractivity contribution in [2.45, 2.75) is 13.8 Å². The maximum absolute atomic E-state index is 4.79. The fourth-order valence-electron chi connectivity index (χ4n) is 2.98. The van der Waals surface area contributed by atoms with Crippen LogP contribution in [-0.2, 0) is 0 Å². The van der Waals surface area contributed by atoms with E-state index >= 15 is 0 Å². The lowest BCUT2D eigenvalue weighted by Gasteiger charge is -2.10. The number of pyridine rings is 1. The van der Waals surface area contributed by atoms with E-state index in [2.05, 4.69) is 60.7 Å². The molecule has 0 radical (unpaired) electrons. The molecule has 0 fully saturated rings. The van der Waals surface area contributed by atoms with E-state index in [1.54, 1.807) is 0 Å². The van der Waals surface area contributed by atoms with Crippen molar-refractivity contribution in [1.29, 1.82) is 0 Å². The van der Waals surface area contributed by atoms with Crippen LogP contribution in [-0.4, -0.2) is 9.38 Å². The Bertz CT molecular complexity index is 932. The van der Waals surface area contributed by atoms with Crippen LogP contribution in [0.3, 0.4) is 0 Å². The highest BCUT2D eigenvalue weighted by atomic mass is 15.0. The minimum absolute atomic E-state index is 1.06. The second-order valence-electron chi connectivity index (χ2n) is 5.02. The first-order valence-electron chi connectivity index (χ1n) is 6.52. The number of benzene rings is 2. The number of rotatable bonds is 0. The number of imidazole rings is 1. The van der Waals surface area contributed by atoms with Crippen LogP contribution in [0.25, 0.3) is 27.5 Å². The smallest absolute Gasteiger partial charge is 0.141 e. The highest BCUT2D eigenvalue weighted by Gasteiger charge is 2.12. The zero-order valence-corrected chi connectivity index (χ0v) is 11.0. The van der Waals surface area contributed by atoms with E-state index in [0.717, 1.165) is 11.2 Å². The number of para-hydroxylation sites is 2. The van der Waals surface area contributed by atoms with Crippen molar-refractivity contribution >= 4 is 27.5 Å². The molecule has 0 aliphatic rings. The molecule has 0 N–H and O–H groups in total. The number of nitrogens with zero attached hydrogens (tertiary/aromatic N) is 2. The average Bonchev–Trinajstić information content (AvgIpc) is 2.84.